The van der Waals surface area contributed by atoms with E-state index in [1.54, 1.807) is 17.7 Å². The zero-order chi connectivity index (χ0) is 11.8. The lowest BCUT2D eigenvalue weighted by molar-refractivity contribution is 0.826. The number of hydrogen-bond acceptors (Lipinski definition) is 5. The van der Waals surface area contributed by atoms with Crippen molar-refractivity contribution in [3.63, 3.8) is 0 Å². The summed E-state index contributed by atoms with van der Waals surface area (Å²) in [6, 6.07) is 4.10. The van der Waals surface area contributed by atoms with E-state index in [0.717, 1.165) is 16.0 Å². The largest absolute Gasteiger partial charge is 0.382 e. The number of aromatic nitrogens is 4. The number of hydrogen-bond donors (Lipinski definition) is 1. The predicted octanol–water partition coefficient (Wildman–Crippen LogP) is 2.28. The summed E-state index contributed by atoms with van der Waals surface area (Å²) in [5, 5.41) is 0. The highest BCUT2D eigenvalue weighted by molar-refractivity contribution is 9.11. The van der Waals surface area contributed by atoms with Crippen molar-refractivity contribution in [2.75, 3.05) is 5.73 Å². The lowest BCUT2D eigenvalue weighted by Gasteiger charge is -2.00. The van der Waals surface area contributed by atoms with E-state index >= 15 is 0 Å². The molecular weight excluding hydrogens is 302 g/mol. The Hall–Kier alpha value is -1.47. The van der Waals surface area contributed by atoms with Crippen LogP contribution in [-0.2, 0) is 6.54 Å². The van der Waals surface area contributed by atoms with Gasteiger partial charge in [-0.05, 0) is 28.1 Å². The Kier molecular flexibility index (Phi) is 2.56. The third-order valence-electron chi connectivity index (χ3n) is 2.38. The topological polar surface area (TPSA) is 69.6 Å². The highest BCUT2D eigenvalue weighted by Gasteiger charge is 2.08. The van der Waals surface area contributed by atoms with Gasteiger partial charge in [-0.15, -0.1) is 11.3 Å². The van der Waals surface area contributed by atoms with Gasteiger partial charge in [0.05, 0.1) is 16.7 Å². The summed E-state index contributed by atoms with van der Waals surface area (Å²) in [7, 11) is 0. The molecule has 0 unspecified atom stereocenters. The molecule has 0 radical (unpaired) electrons. The second-order valence-electron chi connectivity index (χ2n) is 3.51. The van der Waals surface area contributed by atoms with Crippen LogP contribution in [0.15, 0.2) is 28.6 Å². The van der Waals surface area contributed by atoms with E-state index < -0.39 is 0 Å². The van der Waals surface area contributed by atoms with Crippen molar-refractivity contribution in [2.24, 2.45) is 0 Å². The van der Waals surface area contributed by atoms with Gasteiger partial charge in [-0.1, -0.05) is 0 Å². The van der Waals surface area contributed by atoms with Crippen molar-refractivity contribution in [1.29, 1.82) is 0 Å². The van der Waals surface area contributed by atoms with E-state index in [1.165, 1.54) is 11.2 Å². The number of thiophene rings is 1. The van der Waals surface area contributed by atoms with Crippen molar-refractivity contribution >= 4 is 44.2 Å². The minimum atomic E-state index is 0.418. The highest BCUT2D eigenvalue weighted by atomic mass is 79.9. The molecule has 0 bridgehead atoms. The fourth-order valence-corrected chi connectivity index (χ4v) is 3.10. The van der Waals surface area contributed by atoms with Gasteiger partial charge in [0, 0.05) is 4.88 Å². The molecule has 0 spiro atoms. The molecule has 17 heavy (non-hydrogen) atoms. The molecule has 0 aliphatic heterocycles. The van der Waals surface area contributed by atoms with Crippen LogP contribution >= 0.6 is 27.3 Å². The van der Waals surface area contributed by atoms with Gasteiger partial charge in [0.1, 0.15) is 11.8 Å². The lowest BCUT2D eigenvalue weighted by atomic mass is 10.4. The van der Waals surface area contributed by atoms with Crippen molar-refractivity contribution in [2.45, 2.75) is 6.54 Å². The Balaban J connectivity index is 2.04. The first-order chi connectivity index (χ1) is 8.24. The Morgan fingerprint density at radius 3 is 2.94 bits per heavy atom. The van der Waals surface area contributed by atoms with E-state index in [1.807, 2.05) is 10.6 Å². The van der Waals surface area contributed by atoms with Crippen LogP contribution in [0.5, 0.6) is 0 Å². The minimum absolute atomic E-state index is 0.418. The van der Waals surface area contributed by atoms with E-state index in [2.05, 4.69) is 36.9 Å². The van der Waals surface area contributed by atoms with Crippen LogP contribution in [0.2, 0.25) is 0 Å². The van der Waals surface area contributed by atoms with Gasteiger partial charge in [0.15, 0.2) is 11.5 Å². The molecule has 0 aromatic carbocycles. The molecule has 3 aromatic heterocycles. The summed E-state index contributed by atoms with van der Waals surface area (Å²) in [5.41, 5.74) is 7.16. The number of rotatable bonds is 2. The lowest BCUT2D eigenvalue weighted by Crippen LogP contribution is -1.99. The van der Waals surface area contributed by atoms with Crippen LogP contribution in [0.4, 0.5) is 5.82 Å². The van der Waals surface area contributed by atoms with Crippen LogP contribution in [0, 0.1) is 0 Å². The summed E-state index contributed by atoms with van der Waals surface area (Å²) in [4.78, 5) is 13.6. The van der Waals surface area contributed by atoms with Gasteiger partial charge in [-0.2, -0.15) is 0 Å². The zero-order valence-corrected chi connectivity index (χ0v) is 11.1. The Morgan fingerprint density at radius 2 is 2.18 bits per heavy atom. The van der Waals surface area contributed by atoms with Gasteiger partial charge < -0.3 is 10.3 Å². The third kappa shape index (κ3) is 1.91. The molecule has 0 atom stereocenters. The molecule has 0 aliphatic carbocycles. The molecule has 0 saturated carbocycles. The SMILES string of the molecule is Nc1ncnc2c1ncn2Cc1ccc(Br)s1. The maximum atomic E-state index is 5.74. The van der Waals surface area contributed by atoms with Gasteiger partial charge in [-0.25, -0.2) is 15.0 Å². The van der Waals surface area contributed by atoms with Gasteiger partial charge in [-0.3, -0.25) is 0 Å². The Labute approximate surface area is 109 Å². The summed E-state index contributed by atoms with van der Waals surface area (Å²) >= 11 is 5.14. The molecule has 5 nitrogen and oxygen atoms in total. The maximum absolute atomic E-state index is 5.74. The summed E-state index contributed by atoms with van der Waals surface area (Å²) in [5.74, 6) is 0.418. The van der Waals surface area contributed by atoms with E-state index in [-0.39, 0.29) is 0 Å². The highest BCUT2D eigenvalue weighted by Crippen LogP contribution is 2.24. The first kappa shape index (κ1) is 10.7. The first-order valence-corrected chi connectivity index (χ1v) is 6.50. The molecule has 3 heterocycles. The Morgan fingerprint density at radius 1 is 1.29 bits per heavy atom. The van der Waals surface area contributed by atoms with E-state index in [0.29, 0.717) is 11.3 Å². The zero-order valence-electron chi connectivity index (χ0n) is 8.67. The smallest absolute Gasteiger partial charge is 0.165 e. The molecule has 0 aliphatic rings. The number of halogens is 1. The number of imidazole rings is 1. The fourth-order valence-electron chi connectivity index (χ4n) is 1.62. The fraction of sp³-hybridized carbons (Fsp3) is 0.100. The van der Waals surface area contributed by atoms with Gasteiger partial charge in [0.2, 0.25) is 0 Å². The average molecular weight is 310 g/mol. The molecule has 3 rings (SSSR count). The van der Waals surface area contributed by atoms with Crippen molar-refractivity contribution in [3.05, 3.63) is 33.5 Å². The van der Waals surface area contributed by atoms with Crippen molar-refractivity contribution in [3.8, 4) is 0 Å². The first-order valence-electron chi connectivity index (χ1n) is 4.89. The number of nitrogens with two attached hydrogens (primary N) is 1. The molecule has 7 heteroatoms. The van der Waals surface area contributed by atoms with Crippen molar-refractivity contribution < 1.29 is 0 Å². The van der Waals surface area contributed by atoms with Crippen LogP contribution < -0.4 is 5.73 Å². The monoisotopic (exact) mass is 309 g/mol. The molecule has 0 saturated heterocycles. The standard InChI is InChI=1S/C10H8BrN5S/c11-7-2-1-6(17-7)3-16-5-15-8-9(12)13-4-14-10(8)16/h1-2,4-5H,3H2,(H2,12,13,14). The molecule has 0 fully saturated rings. The predicted molar refractivity (Wildman–Crippen MR) is 70.9 cm³/mol. The Bertz CT molecular complexity index is 674. The third-order valence-corrected chi connectivity index (χ3v) is 3.99. The number of nitrogen functional groups attached to an aromatic ring is 1. The van der Waals surface area contributed by atoms with E-state index in [4.69, 9.17) is 5.73 Å². The van der Waals surface area contributed by atoms with E-state index in [9.17, 15) is 0 Å². The quantitative estimate of drug-likeness (QED) is 0.788. The van der Waals surface area contributed by atoms with Crippen molar-refractivity contribution in [1.82, 2.24) is 19.5 Å². The van der Waals surface area contributed by atoms with Gasteiger partial charge >= 0.3 is 0 Å². The summed E-state index contributed by atoms with van der Waals surface area (Å²) < 4.78 is 3.08. The number of fused-ring (bicyclic) bond motifs is 1. The second-order valence-corrected chi connectivity index (χ2v) is 6.06. The van der Waals surface area contributed by atoms with Gasteiger partial charge in [0.25, 0.3) is 0 Å². The molecule has 0 amide bonds. The number of anilines is 1. The summed E-state index contributed by atoms with van der Waals surface area (Å²) in [6.45, 7) is 0.739. The summed E-state index contributed by atoms with van der Waals surface area (Å²) in [6.07, 6.45) is 3.20. The number of nitrogens with zero attached hydrogens (tertiary/aromatic N) is 4. The molecule has 3 aromatic rings. The molecular formula is C10H8BrN5S. The van der Waals surface area contributed by atoms with Crippen LogP contribution in [-0.4, -0.2) is 19.5 Å². The average Bonchev–Trinajstić information content (AvgIpc) is 2.88. The van der Waals surface area contributed by atoms with Crippen LogP contribution in [0.1, 0.15) is 4.88 Å². The second kappa shape index (κ2) is 4.08. The molecule has 2 N–H and O–H groups in total. The molecule has 86 valence electrons. The van der Waals surface area contributed by atoms with Crippen LogP contribution in [0.3, 0.4) is 0 Å². The van der Waals surface area contributed by atoms with Crippen LogP contribution in [0.25, 0.3) is 11.2 Å². The normalized spacial score (nSPS) is 11.1. The minimum Gasteiger partial charge on any atom is -0.382 e. The maximum Gasteiger partial charge on any atom is 0.165 e.